The van der Waals surface area contributed by atoms with Crippen molar-refractivity contribution >= 4 is 23.4 Å². The number of amides is 3. The third-order valence-electron chi connectivity index (χ3n) is 6.79. The minimum absolute atomic E-state index is 0.0934. The molecule has 1 atom stereocenters. The molecular formula is C27H33N7O4. The number of rotatable bonds is 8. The Bertz CT molecular complexity index is 1330. The number of nitrogens with one attached hydrogen (secondary N) is 2. The molecule has 11 heteroatoms. The van der Waals surface area contributed by atoms with E-state index >= 15 is 0 Å². The molecule has 0 aliphatic carbocycles. The number of carbonyl (C=O) groups excluding carboxylic acids is 2. The number of non-ortho nitro benzene ring substituents is 1. The predicted octanol–water partition coefficient (Wildman–Crippen LogP) is 4.13. The number of benzene rings is 2. The Morgan fingerprint density at radius 3 is 2.37 bits per heavy atom. The molecule has 0 spiro atoms. The van der Waals surface area contributed by atoms with Crippen molar-refractivity contribution in [2.45, 2.75) is 45.4 Å². The summed E-state index contributed by atoms with van der Waals surface area (Å²) in [4.78, 5) is 40.8. The smallest absolute Gasteiger partial charge is 0.319 e. The minimum atomic E-state index is -0.682. The lowest BCUT2D eigenvalue weighted by molar-refractivity contribution is -0.384. The van der Waals surface area contributed by atoms with E-state index in [1.807, 2.05) is 74.8 Å². The number of hydrogen-bond acceptors (Lipinski definition) is 6. The summed E-state index contributed by atoms with van der Waals surface area (Å²) in [5, 5.41) is 21.6. The van der Waals surface area contributed by atoms with E-state index in [0.29, 0.717) is 18.9 Å². The van der Waals surface area contributed by atoms with Gasteiger partial charge in [-0.1, -0.05) is 30.3 Å². The summed E-state index contributed by atoms with van der Waals surface area (Å²) in [5.41, 5.74) is 2.14. The number of nitrogens with zero attached hydrogens (tertiary/aromatic N) is 5. The van der Waals surface area contributed by atoms with Crippen molar-refractivity contribution in [3.05, 3.63) is 87.1 Å². The third-order valence-corrected chi connectivity index (χ3v) is 6.79. The number of carbonyl (C=O) groups is 2. The monoisotopic (exact) mass is 519 g/mol. The number of likely N-dealkylation sites (N-methyl/N-ethyl adjacent to an activating group) is 1. The van der Waals surface area contributed by atoms with Crippen molar-refractivity contribution in [1.29, 1.82) is 0 Å². The molecule has 2 N–H and O–H groups in total. The molecule has 200 valence electrons. The van der Waals surface area contributed by atoms with Gasteiger partial charge in [0.15, 0.2) is 5.82 Å². The van der Waals surface area contributed by atoms with Crippen LogP contribution in [0.4, 0.5) is 16.3 Å². The zero-order chi connectivity index (χ0) is 27.6. The number of fused-ring (bicyclic) bond motifs is 1. The lowest BCUT2D eigenvalue weighted by Crippen LogP contribution is -2.49. The summed E-state index contributed by atoms with van der Waals surface area (Å²) in [7, 11) is 3.93. The SMILES string of the molecule is CCn1nc(NC(=O)c2ccc([N+](=O)[O-])cc2)c2c1C(C)(C)N(C(=O)N[C@H](CN(C)C)c1ccccc1)C2. The van der Waals surface area contributed by atoms with E-state index in [9.17, 15) is 19.7 Å². The molecule has 38 heavy (non-hydrogen) atoms. The minimum Gasteiger partial charge on any atom is -0.330 e. The fraction of sp³-hybridized carbons (Fsp3) is 0.370. The second-order valence-corrected chi connectivity index (χ2v) is 10.1. The van der Waals surface area contributed by atoms with Gasteiger partial charge in [0.1, 0.15) is 0 Å². The van der Waals surface area contributed by atoms with E-state index in [-0.39, 0.29) is 29.9 Å². The van der Waals surface area contributed by atoms with Crippen LogP contribution < -0.4 is 10.6 Å². The van der Waals surface area contributed by atoms with Crippen LogP contribution >= 0.6 is 0 Å². The van der Waals surface area contributed by atoms with Gasteiger partial charge in [0.05, 0.1) is 28.7 Å². The number of nitro groups is 1. The second-order valence-electron chi connectivity index (χ2n) is 10.1. The Balaban J connectivity index is 1.58. The van der Waals surface area contributed by atoms with Crippen LogP contribution in [0, 0.1) is 10.1 Å². The number of nitro benzene ring substituents is 1. The lowest BCUT2D eigenvalue weighted by Gasteiger charge is -2.35. The number of hydrogen-bond donors (Lipinski definition) is 2. The van der Waals surface area contributed by atoms with E-state index < -0.39 is 16.4 Å². The maximum atomic E-state index is 13.7. The largest absolute Gasteiger partial charge is 0.330 e. The van der Waals surface area contributed by atoms with E-state index in [1.165, 1.54) is 24.3 Å². The molecule has 4 rings (SSSR count). The zero-order valence-corrected chi connectivity index (χ0v) is 22.3. The van der Waals surface area contributed by atoms with Crippen LogP contribution in [-0.2, 0) is 18.6 Å². The summed E-state index contributed by atoms with van der Waals surface area (Å²) >= 11 is 0. The normalized spacial score (nSPS) is 14.7. The first-order chi connectivity index (χ1) is 18.0. The highest BCUT2D eigenvalue weighted by molar-refractivity contribution is 6.04. The third kappa shape index (κ3) is 5.23. The van der Waals surface area contributed by atoms with Crippen LogP contribution in [0.1, 0.15) is 54.0 Å². The van der Waals surface area contributed by atoms with Crippen LogP contribution in [0.25, 0.3) is 0 Å². The molecule has 2 aromatic carbocycles. The van der Waals surface area contributed by atoms with Crippen LogP contribution in [-0.4, -0.2) is 57.1 Å². The molecule has 1 aliphatic rings. The van der Waals surface area contributed by atoms with Gasteiger partial charge in [0.2, 0.25) is 0 Å². The molecule has 0 bridgehead atoms. The second kappa shape index (κ2) is 10.6. The fourth-order valence-corrected chi connectivity index (χ4v) is 4.90. The van der Waals surface area contributed by atoms with Gasteiger partial charge in [-0.05, 0) is 52.6 Å². The Morgan fingerprint density at radius 2 is 1.79 bits per heavy atom. The van der Waals surface area contributed by atoms with Crippen molar-refractivity contribution in [2.24, 2.45) is 0 Å². The Labute approximate surface area is 221 Å². The standard InChI is InChI=1S/C27H33N7O4/c1-6-33-23-21(24(30-33)29-25(35)19-12-14-20(15-13-19)34(37)38)16-32(27(23,2)3)26(36)28-22(17-31(4)5)18-10-8-7-9-11-18/h7-15,22H,6,16-17H2,1-5H3,(H,28,36)(H,29,30,35)/t22-/m1/s1. The van der Waals surface area contributed by atoms with Gasteiger partial charge in [-0.15, -0.1) is 0 Å². The molecule has 1 aliphatic heterocycles. The number of aromatic nitrogens is 2. The van der Waals surface area contributed by atoms with Crippen molar-refractivity contribution in [3.8, 4) is 0 Å². The van der Waals surface area contributed by atoms with Gasteiger partial charge >= 0.3 is 6.03 Å². The van der Waals surface area contributed by atoms with Crippen LogP contribution in [0.3, 0.4) is 0 Å². The highest BCUT2D eigenvalue weighted by Crippen LogP contribution is 2.42. The topological polar surface area (TPSA) is 126 Å². The van der Waals surface area contributed by atoms with Gasteiger partial charge in [-0.2, -0.15) is 5.10 Å². The lowest BCUT2D eigenvalue weighted by atomic mass is 10.00. The van der Waals surface area contributed by atoms with Crippen LogP contribution in [0.15, 0.2) is 54.6 Å². The van der Waals surface area contributed by atoms with Gasteiger partial charge in [-0.25, -0.2) is 4.79 Å². The number of urea groups is 1. The maximum absolute atomic E-state index is 13.7. The summed E-state index contributed by atoms with van der Waals surface area (Å²) in [6, 6.07) is 14.8. The quantitative estimate of drug-likeness (QED) is 0.341. The molecule has 3 amide bonds. The van der Waals surface area contributed by atoms with E-state index in [4.69, 9.17) is 0 Å². The molecule has 0 fully saturated rings. The molecule has 1 aromatic heterocycles. The van der Waals surface area contributed by atoms with E-state index in [0.717, 1.165) is 16.8 Å². The average molecular weight is 520 g/mol. The molecule has 2 heterocycles. The molecule has 0 saturated carbocycles. The number of aryl methyl sites for hydroxylation is 1. The summed E-state index contributed by atoms with van der Waals surface area (Å²) in [6.07, 6.45) is 0. The molecule has 0 saturated heterocycles. The van der Waals surface area contributed by atoms with Gasteiger partial charge in [0.25, 0.3) is 11.6 Å². The van der Waals surface area contributed by atoms with E-state index in [1.54, 1.807) is 4.90 Å². The van der Waals surface area contributed by atoms with Crippen molar-refractivity contribution in [1.82, 2.24) is 24.9 Å². The summed E-state index contributed by atoms with van der Waals surface area (Å²) in [6.45, 7) is 7.36. The Hall–Kier alpha value is -4.25. The van der Waals surface area contributed by atoms with Crippen molar-refractivity contribution in [3.63, 3.8) is 0 Å². The van der Waals surface area contributed by atoms with Crippen LogP contribution in [0.5, 0.6) is 0 Å². The van der Waals surface area contributed by atoms with Crippen molar-refractivity contribution < 1.29 is 14.5 Å². The molecule has 0 unspecified atom stereocenters. The van der Waals surface area contributed by atoms with E-state index in [2.05, 4.69) is 15.7 Å². The Kier molecular flexibility index (Phi) is 7.49. The molecular weight excluding hydrogens is 486 g/mol. The fourth-order valence-electron chi connectivity index (χ4n) is 4.90. The van der Waals surface area contributed by atoms with Gasteiger partial charge < -0.3 is 20.4 Å². The molecule has 11 nitrogen and oxygen atoms in total. The molecule has 3 aromatic rings. The highest BCUT2D eigenvalue weighted by Gasteiger charge is 2.45. The Morgan fingerprint density at radius 1 is 1.13 bits per heavy atom. The summed E-state index contributed by atoms with van der Waals surface area (Å²) < 4.78 is 1.81. The van der Waals surface area contributed by atoms with Gasteiger partial charge in [-0.3, -0.25) is 19.6 Å². The zero-order valence-electron chi connectivity index (χ0n) is 22.3. The maximum Gasteiger partial charge on any atom is 0.319 e. The number of anilines is 1. The average Bonchev–Trinajstić information content (AvgIpc) is 3.38. The highest BCUT2D eigenvalue weighted by atomic mass is 16.6. The molecule has 0 radical (unpaired) electrons. The first-order valence-corrected chi connectivity index (χ1v) is 12.5. The summed E-state index contributed by atoms with van der Waals surface area (Å²) in [5.74, 6) is -0.0549. The first-order valence-electron chi connectivity index (χ1n) is 12.5. The first kappa shape index (κ1) is 26.8. The van der Waals surface area contributed by atoms with Crippen LogP contribution in [0.2, 0.25) is 0 Å². The van der Waals surface area contributed by atoms with Gasteiger partial charge in [0, 0.05) is 36.3 Å². The van der Waals surface area contributed by atoms with Crippen molar-refractivity contribution in [2.75, 3.05) is 26.0 Å². The predicted molar refractivity (Wildman–Crippen MR) is 144 cm³/mol.